The molecule has 0 amide bonds. The molecular formula is C26H28O7S. The number of hydrogen-bond donors (Lipinski definition) is 1. The van der Waals surface area contributed by atoms with Crippen LogP contribution in [0.5, 0.6) is 11.5 Å². The SMILES string of the molecule is C=C(C)C(=O)Oc1ccc(SC(=O)c2ccc(OCCCCOC(=O)C(=C)CO)cc2C)cc1. The highest BCUT2D eigenvalue weighted by Crippen LogP contribution is 2.28. The molecule has 2 aromatic rings. The number of ether oxygens (including phenoxy) is 3. The van der Waals surface area contributed by atoms with Gasteiger partial charge >= 0.3 is 11.9 Å². The number of thioether (sulfide) groups is 1. The minimum Gasteiger partial charge on any atom is -0.494 e. The molecule has 0 fully saturated rings. The van der Waals surface area contributed by atoms with Gasteiger partial charge in [0, 0.05) is 16.0 Å². The van der Waals surface area contributed by atoms with Crippen LogP contribution in [0.4, 0.5) is 0 Å². The van der Waals surface area contributed by atoms with E-state index < -0.39 is 18.5 Å². The number of unbranched alkanes of at least 4 members (excludes halogenated alkanes) is 1. The second kappa shape index (κ2) is 13.4. The minimum absolute atomic E-state index is 0.0284. The van der Waals surface area contributed by atoms with Crippen LogP contribution in [-0.4, -0.2) is 42.0 Å². The molecule has 0 atom stereocenters. The number of aliphatic hydroxyl groups is 1. The molecule has 180 valence electrons. The first-order chi connectivity index (χ1) is 16.2. The highest BCUT2D eigenvalue weighted by molar-refractivity contribution is 8.14. The fraction of sp³-hybridized carbons (Fsp3) is 0.269. The van der Waals surface area contributed by atoms with Crippen molar-refractivity contribution in [3.05, 3.63) is 77.9 Å². The van der Waals surface area contributed by atoms with Gasteiger partial charge in [-0.1, -0.05) is 13.2 Å². The second-order valence-electron chi connectivity index (χ2n) is 7.46. The normalized spacial score (nSPS) is 10.3. The van der Waals surface area contributed by atoms with E-state index in [2.05, 4.69) is 13.2 Å². The van der Waals surface area contributed by atoms with E-state index in [-0.39, 0.29) is 17.3 Å². The monoisotopic (exact) mass is 484 g/mol. The summed E-state index contributed by atoms with van der Waals surface area (Å²) in [5.74, 6) is -0.0638. The average molecular weight is 485 g/mol. The Kier molecular flexibility index (Phi) is 10.6. The van der Waals surface area contributed by atoms with Crippen molar-refractivity contribution in [2.24, 2.45) is 0 Å². The van der Waals surface area contributed by atoms with Crippen LogP contribution >= 0.6 is 11.8 Å². The molecule has 0 aliphatic heterocycles. The maximum atomic E-state index is 12.7. The summed E-state index contributed by atoms with van der Waals surface area (Å²) in [7, 11) is 0. The van der Waals surface area contributed by atoms with Crippen LogP contribution in [0.25, 0.3) is 0 Å². The van der Waals surface area contributed by atoms with Crippen molar-refractivity contribution in [1.29, 1.82) is 0 Å². The third kappa shape index (κ3) is 8.53. The number of benzene rings is 2. The van der Waals surface area contributed by atoms with Gasteiger partial charge in [0.25, 0.3) is 0 Å². The number of hydrogen-bond acceptors (Lipinski definition) is 8. The molecule has 0 bridgehead atoms. The smallest absolute Gasteiger partial charge is 0.338 e. The molecule has 2 aromatic carbocycles. The molecule has 0 aromatic heterocycles. The van der Waals surface area contributed by atoms with Gasteiger partial charge < -0.3 is 19.3 Å². The van der Waals surface area contributed by atoms with E-state index in [4.69, 9.17) is 19.3 Å². The van der Waals surface area contributed by atoms with Crippen LogP contribution in [0.2, 0.25) is 0 Å². The Morgan fingerprint density at radius 1 is 0.941 bits per heavy atom. The lowest BCUT2D eigenvalue weighted by Crippen LogP contribution is -2.11. The number of carbonyl (C=O) groups excluding carboxylic acids is 3. The molecule has 0 spiro atoms. The van der Waals surface area contributed by atoms with Gasteiger partial charge in [0.1, 0.15) is 11.5 Å². The Morgan fingerprint density at radius 3 is 2.21 bits per heavy atom. The Bertz CT molecular complexity index is 1060. The number of aryl methyl sites for hydroxylation is 1. The minimum atomic E-state index is -0.598. The molecule has 0 heterocycles. The summed E-state index contributed by atoms with van der Waals surface area (Å²) in [4.78, 5) is 36.4. The Morgan fingerprint density at radius 2 is 1.59 bits per heavy atom. The number of rotatable bonds is 12. The lowest BCUT2D eigenvalue weighted by Gasteiger charge is -2.10. The summed E-state index contributed by atoms with van der Waals surface area (Å²) >= 11 is 1.08. The Balaban J connectivity index is 1.81. The van der Waals surface area contributed by atoms with E-state index in [0.717, 1.165) is 22.2 Å². The molecule has 2 rings (SSSR count). The van der Waals surface area contributed by atoms with Crippen molar-refractivity contribution in [2.75, 3.05) is 19.8 Å². The van der Waals surface area contributed by atoms with E-state index in [0.29, 0.717) is 42.1 Å². The molecule has 8 heteroatoms. The maximum Gasteiger partial charge on any atom is 0.338 e. The predicted molar refractivity (Wildman–Crippen MR) is 130 cm³/mol. The Hall–Kier alpha value is -3.36. The van der Waals surface area contributed by atoms with E-state index in [1.807, 2.05) is 6.92 Å². The van der Waals surface area contributed by atoms with Gasteiger partial charge in [0.15, 0.2) is 0 Å². The number of aliphatic hydroxyl groups excluding tert-OH is 1. The van der Waals surface area contributed by atoms with E-state index >= 15 is 0 Å². The molecule has 0 saturated carbocycles. The highest BCUT2D eigenvalue weighted by atomic mass is 32.2. The molecule has 0 aliphatic rings. The first-order valence-corrected chi connectivity index (χ1v) is 11.4. The maximum absolute atomic E-state index is 12.7. The van der Waals surface area contributed by atoms with Crippen LogP contribution in [0.15, 0.2) is 71.7 Å². The highest BCUT2D eigenvalue weighted by Gasteiger charge is 2.13. The fourth-order valence-corrected chi connectivity index (χ4v) is 3.44. The predicted octanol–water partition coefficient (Wildman–Crippen LogP) is 4.66. The number of carbonyl (C=O) groups is 3. The third-order valence-electron chi connectivity index (χ3n) is 4.53. The molecule has 1 N–H and O–H groups in total. The number of esters is 2. The summed E-state index contributed by atoms with van der Waals surface area (Å²) in [6.45, 7) is 10.6. The van der Waals surface area contributed by atoms with Crippen molar-refractivity contribution >= 4 is 28.8 Å². The third-order valence-corrected chi connectivity index (χ3v) is 5.44. The van der Waals surface area contributed by atoms with Crippen LogP contribution in [0.1, 0.15) is 35.7 Å². The average Bonchev–Trinajstić information content (AvgIpc) is 2.81. The van der Waals surface area contributed by atoms with Gasteiger partial charge in [-0.15, -0.1) is 0 Å². The van der Waals surface area contributed by atoms with Gasteiger partial charge in [0.2, 0.25) is 5.12 Å². The van der Waals surface area contributed by atoms with Crippen LogP contribution in [-0.2, 0) is 14.3 Å². The van der Waals surface area contributed by atoms with E-state index in [1.165, 1.54) is 0 Å². The zero-order valence-electron chi connectivity index (χ0n) is 19.3. The van der Waals surface area contributed by atoms with E-state index in [9.17, 15) is 14.4 Å². The van der Waals surface area contributed by atoms with Crippen molar-refractivity contribution in [2.45, 2.75) is 31.6 Å². The molecule has 0 saturated heterocycles. The first-order valence-electron chi connectivity index (χ1n) is 10.6. The zero-order valence-corrected chi connectivity index (χ0v) is 20.1. The lowest BCUT2D eigenvalue weighted by atomic mass is 10.1. The topological polar surface area (TPSA) is 99.1 Å². The van der Waals surface area contributed by atoms with Crippen LogP contribution in [0.3, 0.4) is 0 Å². The molecule has 0 unspecified atom stereocenters. The van der Waals surface area contributed by atoms with Gasteiger partial charge in [-0.25, -0.2) is 9.59 Å². The van der Waals surface area contributed by atoms with Crippen LogP contribution < -0.4 is 9.47 Å². The Labute approximate surface area is 203 Å². The zero-order chi connectivity index (χ0) is 25.1. The quantitative estimate of drug-likeness (QED) is 0.153. The lowest BCUT2D eigenvalue weighted by molar-refractivity contribution is -0.139. The van der Waals surface area contributed by atoms with Crippen molar-refractivity contribution in [3.8, 4) is 11.5 Å². The van der Waals surface area contributed by atoms with Crippen LogP contribution in [0, 0.1) is 6.92 Å². The van der Waals surface area contributed by atoms with Gasteiger partial charge in [-0.2, -0.15) is 0 Å². The fourth-order valence-electron chi connectivity index (χ4n) is 2.61. The molecule has 0 aliphatic carbocycles. The van der Waals surface area contributed by atoms with Gasteiger partial charge in [-0.05, 0) is 86.5 Å². The van der Waals surface area contributed by atoms with Gasteiger partial charge in [0.05, 0.1) is 25.4 Å². The molecule has 0 radical (unpaired) electrons. The van der Waals surface area contributed by atoms with Crippen molar-refractivity contribution < 1.29 is 33.7 Å². The molecule has 34 heavy (non-hydrogen) atoms. The first kappa shape index (κ1) is 26.9. The summed E-state index contributed by atoms with van der Waals surface area (Å²) in [6.07, 6.45) is 1.29. The largest absolute Gasteiger partial charge is 0.494 e. The molecular weight excluding hydrogens is 456 g/mol. The second-order valence-corrected chi connectivity index (χ2v) is 8.51. The van der Waals surface area contributed by atoms with Gasteiger partial charge in [-0.3, -0.25) is 4.79 Å². The summed E-state index contributed by atoms with van der Waals surface area (Å²) in [5.41, 5.74) is 1.70. The summed E-state index contributed by atoms with van der Waals surface area (Å²) in [5, 5.41) is 8.70. The van der Waals surface area contributed by atoms with E-state index in [1.54, 1.807) is 49.4 Å². The van der Waals surface area contributed by atoms with Crippen molar-refractivity contribution in [1.82, 2.24) is 0 Å². The summed E-state index contributed by atoms with van der Waals surface area (Å²) in [6, 6.07) is 12.0. The summed E-state index contributed by atoms with van der Waals surface area (Å²) < 4.78 is 15.8. The van der Waals surface area contributed by atoms with Crippen molar-refractivity contribution in [3.63, 3.8) is 0 Å². The molecule has 7 nitrogen and oxygen atoms in total. The standard InChI is InChI=1S/C26H28O7S/c1-17(2)24(28)33-20-7-10-22(11-8-20)34-26(30)23-12-9-21(15-18(23)3)31-13-5-6-14-32-25(29)19(4)16-27/h7-12,15,27H,1,4-6,13-14,16H2,2-3H3.